The lowest BCUT2D eigenvalue weighted by molar-refractivity contribution is 0.176. The van der Waals surface area contributed by atoms with Gasteiger partial charge in [0.15, 0.2) is 0 Å². The minimum atomic E-state index is 0.117. The molecule has 2 N–H and O–H groups in total. The quantitative estimate of drug-likeness (QED) is 0.783. The van der Waals surface area contributed by atoms with Crippen molar-refractivity contribution in [2.45, 2.75) is 45.7 Å². The van der Waals surface area contributed by atoms with Gasteiger partial charge in [-0.15, -0.1) is 0 Å². The predicted molar refractivity (Wildman–Crippen MR) is 81.5 cm³/mol. The highest BCUT2D eigenvalue weighted by molar-refractivity contribution is 5.29. The maximum Gasteiger partial charge on any atom is 0.118 e. The molecular formula is C16H28N2O. The van der Waals surface area contributed by atoms with Crippen LogP contribution >= 0.6 is 0 Å². The van der Waals surface area contributed by atoms with Crippen LogP contribution in [0.4, 0.5) is 0 Å². The van der Waals surface area contributed by atoms with Gasteiger partial charge in [-0.2, -0.15) is 0 Å². The number of hydrogen-bond donors (Lipinski definition) is 1. The van der Waals surface area contributed by atoms with E-state index < -0.39 is 0 Å². The summed E-state index contributed by atoms with van der Waals surface area (Å²) in [5.74, 6) is 0.893. The topological polar surface area (TPSA) is 38.5 Å². The summed E-state index contributed by atoms with van der Waals surface area (Å²) in [6, 6.07) is 8.69. The second-order valence-electron chi connectivity index (χ2n) is 5.11. The molecule has 0 radical (unpaired) electrons. The third-order valence-electron chi connectivity index (χ3n) is 3.37. The fourth-order valence-electron chi connectivity index (χ4n) is 2.61. The van der Waals surface area contributed by atoms with E-state index >= 15 is 0 Å². The Morgan fingerprint density at radius 3 is 2.00 bits per heavy atom. The first-order valence-electron chi connectivity index (χ1n) is 7.27. The van der Waals surface area contributed by atoms with Crippen molar-refractivity contribution in [2.75, 3.05) is 20.2 Å². The normalized spacial score (nSPS) is 14.4. The van der Waals surface area contributed by atoms with Crippen LogP contribution < -0.4 is 10.5 Å². The molecule has 0 heterocycles. The summed E-state index contributed by atoms with van der Waals surface area (Å²) in [7, 11) is 1.69. The zero-order valence-electron chi connectivity index (χ0n) is 12.7. The highest BCUT2D eigenvalue weighted by Crippen LogP contribution is 2.26. The van der Waals surface area contributed by atoms with E-state index in [2.05, 4.69) is 37.8 Å². The van der Waals surface area contributed by atoms with Gasteiger partial charge in [-0.1, -0.05) is 26.0 Å². The molecular weight excluding hydrogens is 236 g/mol. The van der Waals surface area contributed by atoms with Crippen molar-refractivity contribution in [3.8, 4) is 5.75 Å². The van der Waals surface area contributed by atoms with Crippen LogP contribution in [0.25, 0.3) is 0 Å². The lowest BCUT2D eigenvalue weighted by Crippen LogP contribution is -2.40. The first-order valence-corrected chi connectivity index (χ1v) is 7.27. The van der Waals surface area contributed by atoms with Crippen LogP contribution in [0, 0.1) is 0 Å². The van der Waals surface area contributed by atoms with Gasteiger partial charge in [0, 0.05) is 12.1 Å². The molecule has 0 saturated carbocycles. The van der Waals surface area contributed by atoms with Crippen molar-refractivity contribution >= 4 is 0 Å². The van der Waals surface area contributed by atoms with Crippen molar-refractivity contribution in [2.24, 2.45) is 5.73 Å². The van der Waals surface area contributed by atoms with Crippen LogP contribution in [0.2, 0.25) is 0 Å². The molecule has 0 aliphatic heterocycles. The molecule has 0 aromatic heterocycles. The Morgan fingerprint density at radius 1 is 1.11 bits per heavy atom. The van der Waals surface area contributed by atoms with Gasteiger partial charge in [0.1, 0.15) is 5.75 Å². The first kappa shape index (κ1) is 16.0. The Kier molecular flexibility index (Phi) is 6.89. The molecule has 1 aromatic rings. The van der Waals surface area contributed by atoms with E-state index in [9.17, 15) is 0 Å². The molecule has 2 unspecified atom stereocenters. The van der Waals surface area contributed by atoms with E-state index in [1.807, 2.05) is 12.1 Å². The van der Waals surface area contributed by atoms with Crippen molar-refractivity contribution in [1.29, 1.82) is 0 Å². The lowest BCUT2D eigenvalue weighted by Gasteiger charge is -2.34. The summed E-state index contributed by atoms with van der Waals surface area (Å²) in [5, 5.41) is 0. The van der Waals surface area contributed by atoms with E-state index in [1.165, 1.54) is 5.56 Å². The Balaban J connectivity index is 2.95. The van der Waals surface area contributed by atoms with Crippen LogP contribution in [0.15, 0.2) is 24.3 Å². The maximum absolute atomic E-state index is 6.23. The number of nitrogens with zero attached hydrogens (tertiary/aromatic N) is 1. The van der Waals surface area contributed by atoms with Gasteiger partial charge in [0.25, 0.3) is 0 Å². The minimum Gasteiger partial charge on any atom is -0.497 e. The molecule has 0 saturated heterocycles. The summed E-state index contributed by atoms with van der Waals surface area (Å²) in [6.45, 7) is 8.70. The number of methoxy groups -OCH3 is 1. The largest absolute Gasteiger partial charge is 0.497 e. The van der Waals surface area contributed by atoms with E-state index in [-0.39, 0.29) is 12.1 Å². The maximum atomic E-state index is 6.23. The minimum absolute atomic E-state index is 0.117. The second kappa shape index (κ2) is 8.18. The molecule has 0 aliphatic rings. The zero-order valence-corrected chi connectivity index (χ0v) is 12.7. The molecule has 0 aliphatic carbocycles. The fraction of sp³-hybridized carbons (Fsp3) is 0.625. The molecule has 1 aromatic carbocycles. The van der Waals surface area contributed by atoms with Gasteiger partial charge in [-0.3, -0.25) is 4.90 Å². The fourth-order valence-corrected chi connectivity index (χ4v) is 2.61. The van der Waals surface area contributed by atoms with Crippen molar-refractivity contribution < 1.29 is 4.74 Å². The Morgan fingerprint density at radius 2 is 1.63 bits per heavy atom. The Bertz CT molecular complexity index is 342. The van der Waals surface area contributed by atoms with Gasteiger partial charge in [-0.25, -0.2) is 0 Å². The van der Waals surface area contributed by atoms with Crippen LogP contribution in [-0.4, -0.2) is 31.1 Å². The van der Waals surface area contributed by atoms with Crippen LogP contribution in [-0.2, 0) is 0 Å². The third-order valence-corrected chi connectivity index (χ3v) is 3.37. The summed E-state index contributed by atoms with van der Waals surface area (Å²) in [4.78, 5) is 2.49. The standard InChI is InChI=1S/C16H28N2O/c1-5-11-18(12-6-2)16(13(3)17)14-7-9-15(19-4)10-8-14/h7-10,13,16H,5-6,11-12,17H2,1-4H3. The van der Waals surface area contributed by atoms with Gasteiger partial charge < -0.3 is 10.5 Å². The van der Waals surface area contributed by atoms with Crippen LogP contribution in [0.5, 0.6) is 5.75 Å². The molecule has 3 heteroatoms. The zero-order chi connectivity index (χ0) is 14.3. The van der Waals surface area contributed by atoms with Crippen molar-refractivity contribution in [3.05, 3.63) is 29.8 Å². The highest BCUT2D eigenvalue weighted by Gasteiger charge is 2.22. The number of ether oxygens (including phenoxy) is 1. The number of hydrogen-bond acceptors (Lipinski definition) is 3. The molecule has 19 heavy (non-hydrogen) atoms. The summed E-state index contributed by atoms with van der Waals surface area (Å²) in [6.07, 6.45) is 2.30. The summed E-state index contributed by atoms with van der Waals surface area (Å²) >= 11 is 0. The molecule has 3 nitrogen and oxygen atoms in total. The van der Waals surface area contributed by atoms with Crippen LogP contribution in [0.3, 0.4) is 0 Å². The SMILES string of the molecule is CCCN(CCC)C(c1ccc(OC)cc1)C(C)N. The van der Waals surface area contributed by atoms with E-state index in [0.29, 0.717) is 0 Å². The predicted octanol–water partition coefficient (Wildman–Crippen LogP) is 3.21. The molecule has 0 spiro atoms. The van der Waals surface area contributed by atoms with E-state index in [0.717, 1.165) is 31.7 Å². The number of benzene rings is 1. The summed E-state index contributed by atoms with van der Waals surface area (Å²) in [5.41, 5.74) is 7.50. The van der Waals surface area contributed by atoms with Crippen LogP contribution in [0.1, 0.15) is 45.2 Å². The van der Waals surface area contributed by atoms with Gasteiger partial charge >= 0.3 is 0 Å². The first-order chi connectivity index (χ1) is 9.13. The lowest BCUT2D eigenvalue weighted by atomic mass is 9.98. The molecule has 0 bridgehead atoms. The van der Waals surface area contributed by atoms with E-state index in [1.54, 1.807) is 7.11 Å². The molecule has 1 rings (SSSR count). The van der Waals surface area contributed by atoms with Gasteiger partial charge in [0.2, 0.25) is 0 Å². The highest BCUT2D eigenvalue weighted by atomic mass is 16.5. The number of rotatable bonds is 8. The van der Waals surface area contributed by atoms with Gasteiger partial charge in [0.05, 0.1) is 7.11 Å². The molecule has 2 atom stereocenters. The van der Waals surface area contributed by atoms with Crippen molar-refractivity contribution in [3.63, 3.8) is 0 Å². The second-order valence-corrected chi connectivity index (χ2v) is 5.11. The molecule has 0 fully saturated rings. The number of nitrogens with two attached hydrogens (primary N) is 1. The Labute approximate surface area is 117 Å². The smallest absolute Gasteiger partial charge is 0.118 e. The monoisotopic (exact) mass is 264 g/mol. The molecule has 0 amide bonds. The van der Waals surface area contributed by atoms with Gasteiger partial charge in [-0.05, 0) is 50.6 Å². The Hall–Kier alpha value is -1.06. The average molecular weight is 264 g/mol. The summed E-state index contributed by atoms with van der Waals surface area (Å²) < 4.78 is 5.22. The van der Waals surface area contributed by atoms with Crippen molar-refractivity contribution in [1.82, 2.24) is 4.90 Å². The molecule has 108 valence electrons. The third kappa shape index (κ3) is 4.51. The average Bonchev–Trinajstić information content (AvgIpc) is 2.40. The van der Waals surface area contributed by atoms with E-state index in [4.69, 9.17) is 10.5 Å².